The molecule has 0 aromatic rings. The summed E-state index contributed by atoms with van der Waals surface area (Å²) in [6.45, 7) is 16.8. The molecular weight excluding hydrogens is 339 g/mol. The molecular formula is C21H32F3NO. The summed E-state index contributed by atoms with van der Waals surface area (Å²) in [4.78, 5) is 13.3. The van der Waals surface area contributed by atoms with Crippen LogP contribution in [-0.4, -0.2) is 28.6 Å². The topological polar surface area (TPSA) is 20.3 Å². The molecule has 0 bridgehead atoms. The molecule has 0 aliphatic heterocycles. The molecule has 0 fully saturated rings. The fourth-order valence-corrected chi connectivity index (χ4v) is 3.14. The molecule has 0 aliphatic carbocycles. The highest BCUT2D eigenvalue weighted by atomic mass is 19.4. The summed E-state index contributed by atoms with van der Waals surface area (Å²) in [7, 11) is 0. The van der Waals surface area contributed by atoms with Gasteiger partial charge >= 0.3 is 12.1 Å². The number of unbranched alkanes of at least 4 members (excludes halogenated alkanes) is 3. The molecule has 0 aliphatic rings. The van der Waals surface area contributed by atoms with E-state index >= 15 is 0 Å². The predicted octanol–water partition coefficient (Wildman–Crippen LogP) is 6.37. The summed E-state index contributed by atoms with van der Waals surface area (Å²) >= 11 is 0. The van der Waals surface area contributed by atoms with E-state index in [0.717, 1.165) is 24.2 Å². The van der Waals surface area contributed by atoms with Crippen molar-refractivity contribution < 1.29 is 18.0 Å². The minimum absolute atomic E-state index is 0.288. The Hall–Kier alpha value is -1.78. The molecule has 0 heterocycles. The number of halogens is 3. The molecule has 0 N–H and O–H groups in total. The normalized spacial score (nSPS) is 12.9. The van der Waals surface area contributed by atoms with E-state index < -0.39 is 23.7 Å². The van der Waals surface area contributed by atoms with Crippen molar-refractivity contribution in [2.24, 2.45) is 0 Å². The number of nitrogens with zero attached hydrogens (tertiary/aromatic N) is 1. The fourth-order valence-electron chi connectivity index (χ4n) is 3.14. The van der Waals surface area contributed by atoms with Crippen LogP contribution in [0.25, 0.3) is 0 Å². The van der Waals surface area contributed by atoms with Crippen LogP contribution in [0.2, 0.25) is 0 Å². The minimum Gasteiger partial charge on any atom is -0.319 e. The standard InChI is InChI=1S/C21H32F3NO/c1-6-11-13-16-18(15-8-3)25(19(26)21(22,23)24)20(9-4,10-5)17-14-12-7-2/h7-10,18H,2-6,11-17H2,1H3. The van der Waals surface area contributed by atoms with Gasteiger partial charge in [0.2, 0.25) is 0 Å². The van der Waals surface area contributed by atoms with Gasteiger partial charge < -0.3 is 4.90 Å². The number of carbonyl (C=O) groups is 1. The van der Waals surface area contributed by atoms with Gasteiger partial charge in [-0.15, -0.1) is 26.3 Å². The minimum atomic E-state index is -4.96. The highest BCUT2D eigenvalue weighted by molar-refractivity contribution is 5.83. The number of hydrogen-bond donors (Lipinski definition) is 0. The number of rotatable bonds is 14. The number of carbonyl (C=O) groups excluding carboxylic acids is 1. The predicted molar refractivity (Wildman–Crippen MR) is 103 cm³/mol. The summed E-state index contributed by atoms with van der Waals surface area (Å²) in [6.07, 6.45) is 6.01. The van der Waals surface area contributed by atoms with Crippen molar-refractivity contribution in [2.75, 3.05) is 0 Å². The molecule has 0 spiro atoms. The van der Waals surface area contributed by atoms with Gasteiger partial charge in [-0.05, 0) is 32.1 Å². The zero-order chi connectivity index (χ0) is 20.2. The summed E-state index contributed by atoms with van der Waals surface area (Å²) < 4.78 is 40.1. The lowest BCUT2D eigenvalue weighted by Gasteiger charge is -2.45. The van der Waals surface area contributed by atoms with Gasteiger partial charge in [0.1, 0.15) is 0 Å². The van der Waals surface area contributed by atoms with E-state index in [1.807, 2.05) is 6.92 Å². The van der Waals surface area contributed by atoms with E-state index in [9.17, 15) is 18.0 Å². The molecule has 148 valence electrons. The first kappa shape index (κ1) is 24.2. The van der Waals surface area contributed by atoms with Crippen molar-refractivity contribution in [1.29, 1.82) is 0 Å². The van der Waals surface area contributed by atoms with E-state index in [1.54, 1.807) is 12.2 Å². The first-order valence-electron chi connectivity index (χ1n) is 9.13. The molecule has 0 rings (SSSR count). The first-order chi connectivity index (χ1) is 12.2. The first-order valence-corrected chi connectivity index (χ1v) is 9.13. The molecule has 0 saturated carbocycles. The molecule has 1 atom stereocenters. The van der Waals surface area contributed by atoms with Crippen molar-refractivity contribution >= 4 is 5.91 Å². The van der Waals surface area contributed by atoms with E-state index in [0.29, 0.717) is 25.7 Å². The van der Waals surface area contributed by atoms with Crippen molar-refractivity contribution in [1.82, 2.24) is 4.90 Å². The second-order valence-electron chi connectivity index (χ2n) is 6.43. The Balaban J connectivity index is 6.00. The van der Waals surface area contributed by atoms with E-state index in [-0.39, 0.29) is 6.42 Å². The second-order valence-corrected chi connectivity index (χ2v) is 6.43. The van der Waals surface area contributed by atoms with Gasteiger partial charge in [-0.1, -0.05) is 50.5 Å². The van der Waals surface area contributed by atoms with E-state index in [1.165, 1.54) is 12.2 Å². The highest BCUT2D eigenvalue weighted by Gasteiger charge is 2.50. The van der Waals surface area contributed by atoms with Gasteiger partial charge in [0.15, 0.2) is 0 Å². The number of hydrogen-bond acceptors (Lipinski definition) is 1. The Labute approximate surface area is 156 Å². The average Bonchev–Trinajstić information content (AvgIpc) is 2.60. The quantitative estimate of drug-likeness (QED) is 0.257. The molecule has 0 aromatic heterocycles. The van der Waals surface area contributed by atoms with Crippen LogP contribution in [0.15, 0.2) is 50.6 Å². The number of alkyl halides is 3. The smallest absolute Gasteiger partial charge is 0.319 e. The Morgan fingerprint density at radius 2 is 1.65 bits per heavy atom. The van der Waals surface area contributed by atoms with Crippen LogP contribution in [-0.2, 0) is 4.79 Å². The zero-order valence-corrected chi connectivity index (χ0v) is 15.9. The molecule has 2 nitrogen and oxygen atoms in total. The van der Waals surface area contributed by atoms with Crippen LogP contribution in [0.4, 0.5) is 13.2 Å². The van der Waals surface area contributed by atoms with Crippen molar-refractivity contribution in [2.45, 2.75) is 76.0 Å². The van der Waals surface area contributed by atoms with Gasteiger partial charge in [0.25, 0.3) is 0 Å². The van der Waals surface area contributed by atoms with Crippen LogP contribution in [0.5, 0.6) is 0 Å². The molecule has 0 saturated heterocycles. The molecule has 1 unspecified atom stereocenters. The monoisotopic (exact) mass is 371 g/mol. The van der Waals surface area contributed by atoms with Gasteiger partial charge in [-0.25, -0.2) is 0 Å². The zero-order valence-electron chi connectivity index (χ0n) is 15.9. The van der Waals surface area contributed by atoms with Crippen LogP contribution in [0.3, 0.4) is 0 Å². The third kappa shape index (κ3) is 6.85. The lowest BCUT2D eigenvalue weighted by molar-refractivity contribution is -0.192. The lowest BCUT2D eigenvalue weighted by Crippen LogP contribution is -2.58. The van der Waals surface area contributed by atoms with Crippen LogP contribution in [0.1, 0.15) is 58.3 Å². The SMILES string of the molecule is C=CCCCC(C=C)(C=C)N(C(=O)C(F)(F)F)C(CC=C)CCCCC. The third-order valence-corrected chi connectivity index (χ3v) is 4.55. The maximum atomic E-state index is 13.4. The Kier molecular flexibility index (Phi) is 11.0. The number of amides is 1. The summed E-state index contributed by atoms with van der Waals surface area (Å²) in [5.41, 5.74) is -1.25. The van der Waals surface area contributed by atoms with Gasteiger partial charge in [0.05, 0.1) is 5.54 Å². The van der Waals surface area contributed by atoms with Crippen molar-refractivity contribution in [3.8, 4) is 0 Å². The number of allylic oxidation sites excluding steroid dienone is 1. The summed E-state index contributed by atoms with van der Waals surface area (Å²) in [5.74, 6) is -1.85. The molecule has 0 aromatic carbocycles. The molecule has 5 heteroatoms. The van der Waals surface area contributed by atoms with Crippen molar-refractivity contribution in [3.63, 3.8) is 0 Å². The van der Waals surface area contributed by atoms with Crippen LogP contribution >= 0.6 is 0 Å². The fraction of sp³-hybridized carbons (Fsp3) is 0.571. The molecule has 0 radical (unpaired) electrons. The van der Waals surface area contributed by atoms with Crippen molar-refractivity contribution in [3.05, 3.63) is 50.6 Å². The Morgan fingerprint density at radius 3 is 2.08 bits per heavy atom. The largest absolute Gasteiger partial charge is 0.471 e. The highest BCUT2D eigenvalue weighted by Crippen LogP contribution is 2.35. The Bertz CT molecular complexity index is 474. The van der Waals surface area contributed by atoms with Gasteiger partial charge in [0, 0.05) is 6.04 Å². The maximum Gasteiger partial charge on any atom is 0.471 e. The summed E-state index contributed by atoms with van der Waals surface area (Å²) in [5, 5.41) is 0. The van der Waals surface area contributed by atoms with Gasteiger partial charge in [-0.2, -0.15) is 13.2 Å². The maximum absolute atomic E-state index is 13.4. The second kappa shape index (κ2) is 11.8. The molecule has 26 heavy (non-hydrogen) atoms. The van der Waals surface area contributed by atoms with E-state index in [2.05, 4.69) is 26.3 Å². The Morgan fingerprint density at radius 1 is 1.04 bits per heavy atom. The van der Waals surface area contributed by atoms with Crippen LogP contribution in [0, 0.1) is 0 Å². The lowest BCUT2D eigenvalue weighted by atomic mass is 9.87. The average molecular weight is 371 g/mol. The third-order valence-electron chi connectivity index (χ3n) is 4.55. The van der Waals surface area contributed by atoms with Crippen LogP contribution < -0.4 is 0 Å². The van der Waals surface area contributed by atoms with Gasteiger partial charge in [-0.3, -0.25) is 4.79 Å². The molecule has 1 amide bonds. The summed E-state index contributed by atoms with van der Waals surface area (Å²) in [6, 6.07) is -0.604. The van der Waals surface area contributed by atoms with E-state index in [4.69, 9.17) is 0 Å².